The fourth-order valence-electron chi connectivity index (χ4n) is 2.34. The molecule has 120 valence electrons. The standard InChI is InChI=1S/C14H24N2O5/c1-14(2,3)21-11(17)7-10(13(19)20)16-12(18)8-5-4-6-9(8)15/h8-10H,4-7,15H2,1-3H3,(H,16,18)(H,19,20)/t8?,9?,10-/m0/s1. The van der Waals surface area contributed by atoms with Gasteiger partial charge in [0.1, 0.15) is 11.6 Å². The zero-order chi connectivity index (χ0) is 16.2. The first-order chi connectivity index (χ1) is 9.60. The van der Waals surface area contributed by atoms with Gasteiger partial charge < -0.3 is 20.9 Å². The fourth-order valence-corrected chi connectivity index (χ4v) is 2.34. The topological polar surface area (TPSA) is 119 Å². The highest BCUT2D eigenvalue weighted by Gasteiger charge is 2.34. The number of aliphatic carboxylic acids is 1. The van der Waals surface area contributed by atoms with Crippen LogP contribution in [-0.4, -0.2) is 40.6 Å². The molecule has 1 saturated carbocycles. The second-order valence-electron chi connectivity index (χ2n) is 6.39. The average Bonchev–Trinajstić information content (AvgIpc) is 2.71. The zero-order valence-corrected chi connectivity index (χ0v) is 12.7. The highest BCUT2D eigenvalue weighted by atomic mass is 16.6. The van der Waals surface area contributed by atoms with Gasteiger partial charge in [-0.25, -0.2) is 4.79 Å². The van der Waals surface area contributed by atoms with Gasteiger partial charge in [0, 0.05) is 6.04 Å². The number of carboxylic acid groups (broad SMARTS) is 1. The Morgan fingerprint density at radius 1 is 1.33 bits per heavy atom. The number of carbonyl (C=O) groups is 3. The van der Waals surface area contributed by atoms with E-state index < -0.39 is 35.9 Å². The Hall–Kier alpha value is -1.63. The molecule has 2 unspecified atom stereocenters. The molecule has 0 aromatic carbocycles. The summed E-state index contributed by atoms with van der Waals surface area (Å²) in [6.07, 6.45) is 1.84. The van der Waals surface area contributed by atoms with Crippen LogP contribution in [0.2, 0.25) is 0 Å². The van der Waals surface area contributed by atoms with Crippen molar-refractivity contribution >= 4 is 17.8 Å². The van der Waals surface area contributed by atoms with E-state index in [1.54, 1.807) is 20.8 Å². The van der Waals surface area contributed by atoms with E-state index in [9.17, 15) is 14.4 Å². The molecule has 0 aromatic rings. The Kier molecular flexibility index (Phi) is 5.71. The van der Waals surface area contributed by atoms with Crippen LogP contribution in [-0.2, 0) is 19.1 Å². The summed E-state index contributed by atoms with van der Waals surface area (Å²) in [6.45, 7) is 5.07. The Labute approximate surface area is 124 Å². The zero-order valence-electron chi connectivity index (χ0n) is 12.7. The predicted octanol–water partition coefficient (Wildman–Crippen LogP) is 0.415. The molecule has 1 aliphatic carbocycles. The van der Waals surface area contributed by atoms with E-state index >= 15 is 0 Å². The summed E-state index contributed by atoms with van der Waals surface area (Å²) >= 11 is 0. The third kappa shape index (κ3) is 5.71. The molecule has 7 nitrogen and oxygen atoms in total. The number of hydrogen-bond donors (Lipinski definition) is 3. The smallest absolute Gasteiger partial charge is 0.326 e. The van der Waals surface area contributed by atoms with E-state index in [4.69, 9.17) is 15.6 Å². The maximum atomic E-state index is 12.0. The van der Waals surface area contributed by atoms with Crippen LogP contribution < -0.4 is 11.1 Å². The van der Waals surface area contributed by atoms with E-state index in [0.29, 0.717) is 6.42 Å². The molecule has 0 heterocycles. The van der Waals surface area contributed by atoms with Gasteiger partial charge >= 0.3 is 11.9 Å². The second kappa shape index (κ2) is 6.89. The van der Waals surface area contributed by atoms with Gasteiger partial charge in [0.25, 0.3) is 0 Å². The Bertz CT molecular complexity index is 416. The van der Waals surface area contributed by atoms with E-state index in [-0.39, 0.29) is 12.0 Å². The molecule has 0 saturated heterocycles. The lowest BCUT2D eigenvalue weighted by Crippen LogP contribution is -2.47. The van der Waals surface area contributed by atoms with Crippen LogP contribution in [0.15, 0.2) is 0 Å². The molecule has 21 heavy (non-hydrogen) atoms. The molecule has 0 spiro atoms. The third-order valence-corrected chi connectivity index (χ3v) is 3.31. The van der Waals surface area contributed by atoms with Crippen LogP contribution in [0.25, 0.3) is 0 Å². The van der Waals surface area contributed by atoms with Gasteiger partial charge in [-0.1, -0.05) is 6.42 Å². The van der Waals surface area contributed by atoms with Gasteiger partial charge in [-0.05, 0) is 33.6 Å². The summed E-state index contributed by atoms with van der Waals surface area (Å²) in [5.41, 5.74) is 5.12. The van der Waals surface area contributed by atoms with Crippen LogP contribution in [0, 0.1) is 5.92 Å². The highest BCUT2D eigenvalue weighted by molar-refractivity contribution is 5.88. The number of hydrogen-bond acceptors (Lipinski definition) is 5. The summed E-state index contributed by atoms with van der Waals surface area (Å²) in [7, 11) is 0. The number of rotatable bonds is 5. The van der Waals surface area contributed by atoms with E-state index in [0.717, 1.165) is 12.8 Å². The maximum absolute atomic E-state index is 12.0. The molecule has 1 fully saturated rings. The largest absolute Gasteiger partial charge is 0.480 e. The SMILES string of the molecule is CC(C)(C)OC(=O)C[C@H](NC(=O)C1CCCC1N)C(=O)O. The maximum Gasteiger partial charge on any atom is 0.326 e. The molecular weight excluding hydrogens is 276 g/mol. The average molecular weight is 300 g/mol. The molecule has 0 bridgehead atoms. The molecule has 1 amide bonds. The summed E-state index contributed by atoms with van der Waals surface area (Å²) in [5, 5.41) is 11.5. The number of ether oxygens (including phenoxy) is 1. The first kappa shape index (κ1) is 17.4. The number of esters is 1. The number of amides is 1. The van der Waals surface area contributed by atoms with Crippen molar-refractivity contribution in [2.24, 2.45) is 11.7 Å². The van der Waals surface area contributed by atoms with E-state index in [2.05, 4.69) is 5.32 Å². The van der Waals surface area contributed by atoms with Crippen LogP contribution >= 0.6 is 0 Å². The van der Waals surface area contributed by atoms with Gasteiger partial charge in [0.05, 0.1) is 12.3 Å². The van der Waals surface area contributed by atoms with Crippen molar-refractivity contribution in [3.05, 3.63) is 0 Å². The van der Waals surface area contributed by atoms with Gasteiger partial charge in [-0.2, -0.15) is 0 Å². The molecule has 1 aliphatic rings. The van der Waals surface area contributed by atoms with Crippen molar-refractivity contribution in [2.75, 3.05) is 0 Å². The van der Waals surface area contributed by atoms with Crippen LogP contribution in [0.4, 0.5) is 0 Å². The third-order valence-electron chi connectivity index (χ3n) is 3.31. The highest BCUT2D eigenvalue weighted by Crippen LogP contribution is 2.24. The Morgan fingerprint density at radius 3 is 2.38 bits per heavy atom. The quantitative estimate of drug-likeness (QED) is 0.633. The molecule has 0 aromatic heterocycles. The summed E-state index contributed by atoms with van der Waals surface area (Å²) in [4.78, 5) is 34.9. The number of carboxylic acids is 1. The summed E-state index contributed by atoms with van der Waals surface area (Å²) in [5.74, 6) is -2.71. The monoisotopic (exact) mass is 300 g/mol. The first-order valence-electron chi connectivity index (χ1n) is 7.11. The van der Waals surface area contributed by atoms with E-state index in [1.165, 1.54) is 0 Å². The van der Waals surface area contributed by atoms with Crippen LogP contribution in [0.5, 0.6) is 0 Å². The molecular formula is C14H24N2O5. The van der Waals surface area contributed by atoms with Crippen molar-refractivity contribution in [3.63, 3.8) is 0 Å². The van der Waals surface area contributed by atoms with Crippen molar-refractivity contribution in [1.82, 2.24) is 5.32 Å². The number of nitrogens with two attached hydrogens (primary N) is 1. The van der Waals surface area contributed by atoms with Crippen molar-refractivity contribution in [3.8, 4) is 0 Å². The molecule has 0 aliphatic heterocycles. The lowest BCUT2D eigenvalue weighted by Gasteiger charge is -2.22. The summed E-state index contributed by atoms with van der Waals surface area (Å²) < 4.78 is 5.07. The van der Waals surface area contributed by atoms with Crippen LogP contribution in [0.3, 0.4) is 0 Å². The minimum Gasteiger partial charge on any atom is -0.480 e. The second-order valence-corrected chi connectivity index (χ2v) is 6.39. The summed E-state index contributed by atoms with van der Waals surface area (Å²) in [6, 6.07) is -1.54. The number of carbonyl (C=O) groups excluding carboxylic acids is 2. The van der Waals surface area contributed by atoms with Gasteiger partial charge in [-0.15, -0.1) is 0 Å². The molecule has 7 heteroatoms. The lowest BCUT2D eigenvalue weighted by atomic mass is 10.0. The van der Waals surface area contributed by atoms with Crippen molar-refractivity contribution < 1.29 is 24.2 Å². The molecule has 4 N–H and O–H groups in total. The minimum atomic E-state index is -1.29. The first-order valence-corrected chi connectivity index (χ1v) is 7.11. The normalized spacial score (nSPS) is 23.4. The Morgan fingerprint density at radius 2 is 1.95 bits per heavy atom. The Balaban J connectivity index is 2.59. The van der Waals surface area contributed by atoms with E-state index in [1.807, 2.05) is 0 Å². The van der Waals surface area contributed by atoms with Crippen molar-refractivity contribution in [1.29, 1.82) is 0 Å². The van der Waals surface area contributed by atoms with Crippen LogP contribution in [0.1, 0.15) is 46.5 Å². The fraction of sp³-hybridized carbons (Fsp3) is 0.786. The van der Waals surface area contributed by atoms with Gasteiger partial charge in [0.15, 0.2) is 0 Å². The minimum absolute atomic E-state index is 0.249. The number of nitrogens with one attached hydrogen (secondary N) is 1. The van der Waals surface area contributed by atoms with Gasteiger partial charge in [-0.3, -0.25) is 9.59 Å². The lowest BCUT2D eigenvalue weighted by molar-refractivity contribution is -0.158. The predicted molar refractivity (Wildman–Crippen MR) is 75.3 cm³/mol. The van der Waals surface area contributed by atoms with Gasteiger partial charge in [0.2, 0.25) is 5.91 Å². The molecule has 3 atom stereocenters. The molecule has 0 radical (unpaired) electrons. The molecule has 1 rings (SSSR count). The van der Waals surface area contributed by atoms with Crippen molar-refractivity contribution in [2.45, 2.75) is 64.1 Å².